The lowest BCUT2D eigenvalue weighted by molar-refractivity contribution is 0.154. The zero-order valence-electron chi connectivity index (χ0n) is 11.1. The Bertz CT molecular complexity index is 448. The second kappa shape index (κ2) is 6.90. The summed E-state index contributed by atoms with van der Waals surface area (Å²) in [5, 5.41) is 9.77. The van der Waals surface area contributed by atoms with Gasteiger partial charge in [0.2, 0.25) is 0 Å². The largest absolute Gasteiger partial charge is 0.393 e. The zero-order chi connectivity index (χ0) is 13.6. The Morgan fingerprint density at radius 1 is 1.17 bits per heavy atom. The van der Waals surface area contributed by atoms with E-state index in [1.807, 2.05) is 6.92 Å². The van der Waals surface area contributed by atoms with Gasteiger partial charge in [0.1, 0.15) is 9.84 Å². The van der Waals surface area contributed by atoms with Gasteiger partial charge in [0.05, 0.1) is 6.10 Å². The van der Waals surface area contributed by atoms with Crippen LogP contribution in [0.1, 0.15) is 30.4 Å². The molecule has 0 radical (unpaired) electrons. The van der Waals surface area contributed by atoms with Crippen LogP contribution in [0, 0.1) is 6.92 Å². The minimum Gasteiger partial charge on any atom is -0.393 e. The van der Waals surface area contributed by atoms with Gasteiger partial charge in [0.15, 0.2) is 0 Å². The highest BCUT2D eigenvalue weighted by atomic mass is 32.2. The first-order valence-corrected chi connectivity index (χ1v) is 8.34. The average Bonchev–Trinajstić information content (AvgIpc) is 2.26. The SMILES string of the molecule is Cc1ccc(CCC(O)CCCS(C)(=O)=O)cc1. The van der Waals surface area contributed by atoms with Gasteiger partial charge in [0, 0.05) is 12.0 Å². The molecule has 102 valence electrons. The molecule has 0 bridgehead atoms. The fourth-order valence-electron chi connectivity index (χ4n) is 1.81. The number of aliphatic hydroxyl groups excluding tert-OH is 1. The standard InChI is InChI=1S/C14H22O3S/c1-12-5-7-13(8-6-12)9-10-14(15)4-3-11-18(2,16)17/h5-8,14-15H,3-4,9-11H2,1-2H3. The first-order chi connectivity index (χ1) is 8.37. The molecule has 0 heterocycles. The van der Waals surface area contributed by atoms with Crippen LogP contribution in [-0.2, 0) is 16.3 Å². The number of aliphatic hydroxyl groups is 1. The van der Waals surface area contributed by atoms with Gasteiger partial charge in [-0.2, -0.15) is 0 Å². The molecule has 0 aliphatic rings. The van der Waals surface area contributed by atoms with Crippen LogP contribution in [0.2, 0.25) is 0 Å². The maximum Gasteiger partial charge on any atom is 0.147 e. The van der Waals surface area contributed by atoms with Crippen molar-refractivity contribution >= 4 is 9.84 Å². The maximum absolute atomic E-state index is 10.9. The van der Waals surface area contributed by atoms with Crippen LogP contribution in [0.3, 0.4) is 0 Å². The molecular weight excluding hydrogens is 248 g/mol. The number of hydrogen-bond donors (Lipinski definition) is 1. The summed E-state index contributed by atoms with van der Waals surface area (Å²) >= 11 is 0. The number of hydrogen-bond acceptors (Lipinski definition) is 3. The third-order valence-electron chi connectivity index (χ3n) is 2.94. The lowest BCUT2D eigenvalue weighted by Gasteiger charge is -2.10. The van der Waals surface area contributed by atoms with Gasteiger partial charge in [-0.15, -0.1) is 0 Å². The summed E-state index contributed by atoms with van der Waals surface area (Å²) in [6.07, 6.45) is 3.43. The van der Waals surface area contributed by atoms with Crippen molar-refractivity contribution in [3.63, 3.8) is 0 Å². The number of benzene rings is 1. The summed E-state index contributed by atoms with van der Waals surface area (Å²) in [5.74, 6) is 0.161. The Kier molecular flexibility index (Phi) is 5.82. The van der Waals surface area contributed by atoms with Crippen LogP contribution >= 0.6 is 0 Å². The van der Waals surface area contributed by atoms with Gasteiger partial charge >= 0.3 is 0 Å². The van der Waals surface area contributed by atoms with Crippen LogP contribution in [0.5, 0.6) is 0 Å². The van der Waals surface area contributed by atoms with Gasteiger partial charge in [0.25, 0.3) is 0 Å². The minimum atomic E-state index is -2.90. The molecule has 0 aliphatic carbocycles. The molecule has 0 aromatic heterocycles. The summed E-state index contributed by atoms with van der Waals surface area (Å²) in [6.45, 7) is 2.05. The monoisotopic (exact) mass is 270 g/mol. The first kappa shape index (κ1) is 15.2. The second-order valence-corrected chi connectivity index (χ2v) is 7.21. The molecule has 3 nitrogen and oxygen atoms in total. The van der Waals surface area contributed by atoms with Crippen LogP contribution in [0.25, 0.3) is 0 Å². The lowest BCUT2D eigenvalue weighted by Crippen LogP contribution is -2.11. The topological polar surface area (TPSA) is 54.4 Å². The molecule has 1 aromatic rings. The van der Waals surface area contributed by atoms with E-state index < -0.39 is 15.9 Å². The molecule has 1 aromatic carbocycles. The van der Waals surface area contributed by atoms with E-state index >= 15 is 0 Å². The summed E-state index contributed by atoms with van der Waals surface area (Å²) in [6, 6.07) is 8.26. The molecule has 1 N–H and O–H groups in total. The van der Waals surface area contributed by atoms with Crippen LogP contribution in [0.15, 0.2) is 24.3 Å². The normalized spacial score (nSPS) is 13.5. The molecule has 0 aliphatic heterocycles. The Labute approximate surface area is 110 Å². The molecule has 0 saturated heterocycles. The molecule has 1 unspecified atom stereocenters. The van der Waals surface area contributed by atoms with E-state index in [1.54, 1.807) is 0 Å². The highest BCUT2D eigenvalue weighted by Crippen LogP contribution is 2.10. The maximum atomic E-state index is 10.9. The number of sulfone groups is 1. The predicted molar refractivity (Wildman–Crippen MR) is 74.5 cm³/mol. The lowest BCUT2D eigenvalue weighted by atomic mass is 10.0. The average molecular weight is 270 g/mol. The Morgan fingerprint density at radius 3 is 2.33 bits per heavy atom. The van der Waals surface area contributed by atoms with Crippen molar-refractivity contribution in [2.24, 2.45) is 0 Å². The quantitative estimate of drug-likeness (QED) is 0.825. The number of aryl methyl sites for hydroxylation is 2. The molecule has 4 heteroatoms. The zero-order valence-corrected chi connectivity index (χ0v) is 11.9. The molecular formula is C14H22O3S. The minimum absolute atomic E-state index is 0.161. The summed E-state index contributed by atoms with van der Waals surface area (Å²) in [4.78, 5) is 0. The molecule has 0 spiro atoms. The molecule has 1 atom stereocenters. The third kappa shape index (κ3) is 6.77. The van der Waals surface area contributed by atoms with Crippen molar-refractivity contribution in [3.05, 3.63) is 35.4 Å². The van der Waals surface area contributed by atoms with Crippen molar-refractivity contribution in [2.45, 2.75) is 38.7 Å². The summed E-state index contributed by atoms with van der Waals surface area (Å²) < 4.78 is 21.9. The molecule has 0 fully saturated rings. The summed E-state index contributed by atoms with van der Waals surface area (Å²) in [5.41, 5.74) is 2.44. The van der Waals surface area contributed by atoms with E-state index in [-0.39, 0.29) is 5.75 Å². The predicted octanol–water partition coefficient (Wildman–Crippen LogP) is 2.11. The smallest absolute Gasteiger partial charge is 0.147 e. The van der Waals surface area contributed by atoms with Crippen LogP contribution < -0.4 is 0 Å². The highest BCUT2D eigenvalue weighted by Gasteiger charge is 2.07. The second-order valence-electron chi connectivity index (χ2n) is 4.95. The van der Waals surface area contributed by atoms with Gasteiger partial charge in [-0.3, -0.25) is 0 Å². The first-order valence-electron chi connectivity index (χ1n) is 6.28. The fraction of sp³-hybridized carbons (Fsp3) is 0.571. The fourth-order valence-corrected chi connectivity index (χ4v) is 2.50. The molecule has 0 saturated carbocycles. The highest BCUT2D eigenvalue weighted by molar-refractivity contribution is 7.90. The molecule has 18 heavy (non-hydrogen) atoms. The molecule has 1 rings (SSSR count). The third-order valence-corrected chi connectivity index (χ3v) is 3.97. The molecule has 0 amide bonds. The van der Waals surface area contributed by atoms with Gasteiger partial charge in [-0.25, -0.2) is 8.42 Å². The Hall–Kier alpha value is -0.870. The number of rotatable bonds is 7. The Balaban J connectivity index is 2.24. The van der Waals surface area contributed by atoms with Crippen molar-refractivity contribution in [2.75, 3.05) is 12.0 Å². The Morgan fingerprint density at radius 2 is 1.78 bits per heavy atom. The van der Waals surface area contributed by atoms with E-state index in [0.717, 1.165) is 6.42 Å². The van der Waals surface area contributed by atoms with Crippen molar-refractivity contribution in [1.29, 1.82) is 0 Å². The van der Waals surface area contributed by atoms with Gasteiger partial charge in [-0.1, -0.05) is 29.8 Å². The van der Waals surface area contributed by atoms with Crippen molar-refractivity contribution in [3.8, 4) is 0 Å². The van der Waals surface area contributed by atoms with E-state index in [4.69, 9.17) is 0 Å². The van der Waals surface area contributed by atoms with Crippen molar-refractivity contribution in [1.82, 2.24) is 0 Å². The van der Waals surface area contributed by atoms with Gasteiger partial charge in [-0.05, 0) is 38.2 Å². The van der Waals surface area contributed by atoms with Crippen molar-refractivity contribution < 1.29 is 13.5 Å². The van der Waals surface area contributed by atoms with E-state index in [1.165, 1.54) is 17.4 Å². The van der Waals surface area contributed by atoms with E-state index in [2.05, 4.69) is 24.3 Å². The van der Waals surface area contributed by atoms with Gasteiger partial charge < -0.3 is 5.11 Å². The summed E-state index contributed by atoms with van der Waals surface area (Å²) in [7, 11) is -2.90. The van der Waals surface area contributed by atoms with Crippen LogP contribution in [-0.4, -0.2) is 31.6 Å². The van der Waals surface area contributed by atoms with E-state index in [0.29, 0.717) is 19.3 Å². The van der Waals surface area contributed by atoms with Crippen LogP contribution in [0.4, 0.5) is 0 Å². The van der Waals surface area contributed by atoms with E-state index in [9.17, 15) is 13.5 Å².